The molecule has 1 aromatic heterocycles. The van der Waals surface area contributed by atoms with Crippen LogP contribution in [0.15, 0.2) is 6.07 Å². The first kappa shape index (κ1) is 10.7. The van der Waals surface area contributed by atoms with Gasteiger partial charge in [0.2, 0.25) is 5.95 Å². The van der Waals surface area contributed by atoms with Gasteiger partial charge in [0, 0.05) is 38.9 Å². The highest BCUT2D eigenvalue weighted by atomic mass is 15.2. The molecule has 0 saturated heterocycles. The van der Waals surface area contributed by atoms with Gasteiger partial charge in [-0.1, -0.05) is 0 Å². The minimum Gasteiger partial charge on any atom is -0.369 e. The Morgan fingerprint density at radius 3 is 2.71 bits per heavy atom. The lowest BCUT2D eigenvalue weighted by atomic mass is 10.4. The maximum Gasteiger partial charge on any atom is 0.226 e. The van der Waals surface area contributed by atoms with Crippen molar-refractivity contribution in [2.24, 2.45) is 5.73 Å². The third-order valence-corrected chi connectivity index (χ3v) is 1.69. The number of rotatable bonds is 4. The summed E-state index contributed by atoms with van der Waals surface area (Å²) in [6, 6.07) is 1.91. The lowest BCUT2D eigenvalue weighted by Gasteiger charge is -2.12. The van der Waals surface area contributed by atoms with E-state index < -0.39 is 0 Å². The summed E-state index contributed by atoms with van der Waals surface area (Å²) in [4.78, 5) is 10.5. The Kier molecular flexibility index (Phi) is 3.64. The van der Waals surface area contributed by atoms with Crippen molar-refractivity contribution in [3.8, 4) is 0 Å². The van der Waals surface area contributed by atoms with Crippen molar-refractivity contribution >= 4 is 11.8 Å². The molecule has 1 rings (SSSR count). The van der Waals surface area contributed by atoms with Gasteiger partial charge in [-0.25, -0.2) is 4.98 Å². The van der Waals surface area contributed by atoms with Gasteiger partial charge in [0.25, 0.3) is 0 Å². The maximum atomic E-state index is 5.40. The van der Waals surface area contributed by atoms with Crippen LogP contribution in [0.25, 0.3) is 0 Å². The van der Waals surface area contributed by atoms with Gasteiger partial charge in [0.05, 0.1) is 0 Å². The van der Waals surface area contributed by atoms with Crippen molar-refractivity contribution in [1.82, 2.24) is 9.97 Å². The number of aryl methyl sites for hydroxylation is 1. The predicted octanol–water partition coefficient (Wildman–Crippen LogP) is 0.222. The largest absolute Gasteiger partial charge is 0.369 e. The summed E-state index contributed by atoms with van der Waals surface area (Å²) in [7, 11) is 3.84. The van der Waals surface area contributed by atoms with Crippen LogP contribution in [0.3, 0.4) is 0 Å². The van der Waals surface area contributed by atoms with Crippen molar-refractivity contribution in [2.75, 3.05) is 37.4 Å². The Morgan fingerprint density at radius 1 is 1.43 bits per heavy atom. The third kappa shape index (κ3) is 2.85. The summed E-state index contributed by atoms with van der Waals surface area (Å²) in [5, 5.41) is 3.13. The molecular weight excluding hydrogens is 178 g/mol. The Bertz CT molecular complexity index is 297. The van der Waals surface area contributed by atoms with Crippen molar-refractivity contribution in [3.05, 3.63) is 11.8 Å². The summed E-state index contributed by atoms with van der Waals surface area (Å²) in [6.45, 7) is 3.27. The molecule has 5 heteroatoms. The molecule has 0 aromatic carbocycles. The zero-order valence-electron chi connectivity index (χ0n) is 8.91. The van der Waals surface area contributed by atoms with Crippen molar-refractivity contribution < 1.29 is 0 Å². The normalized spacial score (nSPS) is 10.0. The van der Waals surface area contributed by atoms with E-state index in [0.29, 0.717) is 12.5 Å². The van der Waals surface area contributed by atoms with Gasteiger partial charge in [-0.2, -0.15) is 4.98 Å². The van der Waals surface area contributed by atoms with E-state index in [4.69, 9.17) is 5.73 Å². The van der Waals surface area contributed by atoms with E-state index >= 15 is 0 Å². The molecular formula is C9H17N5. The molecule has 0 aliphatic heterocycles. The third-order valence-electron chi connectivity index (χ3n) is 1.69. The average Bonchev–Trinajstić information content (AvgIpc) is 2.14. The molecule has 0 aliphatic carbocycles. The quantitative estimate of drug-likeness (QED) is 0.719. The second-order valence-electron chi connectivity index (χ2n) is 3.30. The number of nitrogens with zero attached hydrogens (tertiary/aromatic N) is 3. The van der Waals surface area contributed by atoms with Gasteiger partial charge < -0.3 is 16.0 Å². The Morgan fingerprint density at radius 2 is 2.14 bits per heavy atom. The lowest BCUT2D eigenvalue weighted by Crippen LogP contribution is -2.17. The molecule has 0 bridgehead atoms. The molecule has 14 heavy (non-hydrogen) atoms. The average molecular weight is 195 g/mol. The molecule has 0 aliphatic rings. The summed E-state index contributed by atoms with van der Waals surface area (Å²) in [5.41, 5.74) is 6.34. The van der Waals surface area contributed by atoms with E-state index in [0.717, 1.165) is 18.1 Å². The molecule has 78 valence electrons. The first-order valence-electron chi connectivity index (χ1n) is 4.60. The zero-order valence-corrected chi connectivity index (χ0v) is 8.91. The zero-order chi connectivity index (χ0) is 10.6. The molecule has 0 spiro atoms. The standard InChI is InChI=1S/C9H17N5/c1-7-6-8(11-5-4-10)13-9(12-7)14(2)3/h6H,4-5,10H2,1-3H3,(H,11,12,13). The highest BCUT2D eigenvalue weighted by molar-refractivity contribution is 5.42. The molecule has 1 aromatic rings. The minimum absolute atomic E-state index is 0.598. The second-order valence-corrected chi connectivity index (χ2v) is 3.30. The van der Waals surface area contributed by atoms with Crippen molar-refractivity contribution in [1.29, 1.82) is 0 Å². The SMILES string of the molecule is Cc1cc(NCCN)nc(N(C)C)n1. The number of aromatic nitrogens is 2. The monoisotopic (exact) mass is 195 g/mol. The number of nitrogens with one attached hydrogen (secondary N) is 1. The number of hydrogen-bond acceptors (Lipinski definition) is 5. The summed E-state index contributed by atoms with van der Waals surface area (Å²) >= 11 is 0. The van der Waals surface area contributed by atoms with Crippen LogP contribution < -0.4 is 16.0 Å². The predicted molar refractivity (Wildman–Crippen MR) is 58.6 cm³/mol. The van der Waals surface area contributed by atoms with Crippen LogP contribution in [0.5, 0.6) is 0 Å². The summed E-state index contributed by atoms with van der Waals surface area (Å²) in [6.07, 6.45) is 0. The first-order chi connectivity index (χ1) is 6.63. The van der Waals surface area contributed by atoms with E-state index in [9.17, 15) is 0 Å². The molecule has 0 fully saturated rings. The van der Waals surface area contributed by atoms with E-state index in [1.807, 2.05) is 32.0 Å². The maximum absolute atomic E-state index is 5.40. The van der Waals surface area contributed by atoms with Gasteiger partial charge in [-0.05, 0) is 6.92 Å². The lowest BCUT2D eigenvalue weighted by molar-refractivity contribution is 0.957. The molecule has 0 radical (unpaired) electrons. The Balaban J connectivity index is 2.84. The summed E-state index contributed by atoms with van der Waals surface area (Å²) < 4.78 is 0. The fourth-order valence-electron chi connectivity index (χ4n) is 1.04. The molecule has 1 heterocycles. The van der Waals surface area contributed by atoms with Crippen LogP contribution in [-0.4, -0.2) is 37.2 Å². The van der Waals surface area contributed by atoms with Crippen LogP contribution >= 0.6 is 0 Å². The van der Waals surface area contributed by atoms with Crippen LogP contribution in [0.4, 0.5) is 11.8 Å². The van der Waals surface area contributed by atoms with E-state index in [2.05, 4.69) is 15.3 Å². The van der Waals surface area contributed by atoms with Crippen molar-refractivity contribution in [2.45, 2.75) is 6.92 Å². The molecule has 0 atom stereocenters. The molecule has 0 saturated carbocycles. The van der Waals surface area contributed by atoms with Crippen molar-refractivity contribution in [3.63, 3.8) is 0 Å². The van der Waals surface area contributed by atoms with Gasteiger partial charge >= 0.3 is 0 Å². The van der Waals surface area contributed by atoms with Crippen LogP contribution in [0.1, 0.15) is 5.69 Å². The number of anilines is 2. The molecule has 3 N–H and O–H groups in total. The minimum atomic E-state index is 0.598. The van der Waals surface area contributed by atoms with E-state index in [-0.39, 0.29) is 0 Å². The Labute approximate surface area is 84.3 Å². The fraction of sp³-hybridized carbons (Fsp3) is 0.556. The summed E-state index contributed by atoms with van der Waals surface area (Å²) in [5.74, 6) is 1.54. The second kappa shape index (κ2) is 4.76. The van der Waals surface area contributed by atoms with Crippen LogP contribution in [0, 0.1) is 6.92 Å². The topological polar surface area (TPSA) is 67.1 Å². The smallest absolute Gasteiger partial charge is 0.226 e. The number of hydrogen-bond donors (Lipinski definition) is 2. The van der Waals surface area contributed by atoms with E-state index in [1.165, 1.54) is 0 Å². The van der Waals surface area contributed by atoms with Gasteiger partial charge in [0.15, 0.2) is 0 Å². The van der Waals surface area contributed by atoms with Gasteiger partial charge in [0.1, 0.15) is 5.82 Å². The highest BCUT2D eigenvalue weighted by Gasteiger charge is 2.02. The molecule has 0 unspecified atom stereocenters. The first-order valence-corrected chi connectivity index (χ1v) is 4.60. The Hall–Kier alpha value is -1.36. The van der Waals surface area contributed by atoms with Gasteiger partial charge in [-0.3, -0.25) is 0 Å². The fourth-order valence-corrected chi connectivity index (χ4v) is 1.04. The molecule has 5 nitrogen and oxygen atoms in total. The highest BCUT2D eigenvalue weighted by Crippen LogP contribution is 2.10. The van der Waals surface area contributed by atoms with Crippen LogP contribution in [0.2, 0.25) is 0 Å². The van der Waals surface area contributed by atoms with E-state index in [1.54, 1.807) is 0 Å². The van der Waals surface area contributed by atoms with Gasteiger partial charge in [-0.15, -0.1) is 0 Å². The van der Waals surface area contributed by atoms with Crippen LogP contribution in [-0.2, 0) is 0 Å². The molecule has 0 amide bonds. The number of nitrogens with two attached hydrogens (primary N) is 1.